The zero-order valence-corrected chi connectivity index (χ0v) is 26.2. The molecule has 7 nitrogen and oxygen atoms in total. The maximum absolute atomic E-state index is 13.5. The zero-order valence-electron chi connectivity index (χ0n) is 25.4. The van der Waals surface area contributed by atoms with Crippen molar-refractivity contribution in [2.45, 2.75) is 61.9 Å². The molecule has 0 radical (unpaired) electrons. The Morgan fingerprint density at radius 2 is 1.73 bits per heavy atom. The number of methoxy groups -OCH3 is 1. The first-order chi connectivity index (χ1) is 21.3. The van der Waals surface area contributed by atoms with Gasteiger partial charge in [0, 0.05) is 30.5 Å². The summed E-state index contributed by atoms with van der Waals surface area (Å²) in [4.78, 5) is 16.3. The first-order valence-corrected chi connectivity index (χ1v) is 17.1. The molecule has 1 spiro atoms. The second kappa shape index (κ2) is 11.5. The second-order valence-electron chi connectivity index (χ2n) is 12.9. The van der Waals surface area contributed by atoms with Gasteiger partial charge in [0.1, 0.15) is 0 Å². The lowest BCUT2D eigenvalue weighted by Crippen LogP contribution is -2.54. The van der Waals surface area contributed by atoms with E-state index in [1.54, 1.807) is 24.3 Å². The molecule has 2 aliphatic heterocycles. The van der Waals surface area contributed by atoms with E-state index in [0.29, 0.717) is 6.42 Å². The van der Waals surface area contributed by atoms with E-state index in [1.165, 1.54) is 18.2 Å². The number of nitrogens with zero attached hydrogens (tertiary/aromatic N) is 1. The highest BCUT2D eigenvalue weighted by Gasteiger charge is 2.62. The molecular weight excluding hydrogens is 572 g/mol. The third kappa shape index (κ3) is 4.88. The summed E-state index contributed by atoms with van der Waals surface area (Å²) in [6.07, 6.45) is 4.39. The average Bonchev–Trinajstić information content (AvgIpc) is 3.75. The summed E-state index contributed by atoms with van der Waals surface area (Å²) in [6, 6.07) is 26.0. The van der Waals surface area contributed by atoms with Crippen LogP contribution >= 0.6 is 0 Å². The lowest BCUT2D eigenvalue weighted by atomic mass is 9.59. The van der Waals surface area contributed by atoms with Crippen LogP contribution in [0.3, 0.4) is 0 Å². The molecule has 0 bridgehead atoms. The molecule has 2 aliphatic carbocycles. The Hall–Kier alpha value is -3.46. The van der Waals surface area contributed by atoms with Gasteiger partial charge in [0.2, 0.25) is 0 Å². The third-order valence-electron chi connectivity index (χ3n) is 10.6. The lowest BCUT2D eigenvalue weighted by Gasteiger charge is -2.48. The molecule has 44 heavy (non-hydrogen) atoms. The molecule has 0 amide bonds. The minimum atomic E-state index is -3.88. The Balaban J connectivity index is 1.27. The number of rotatable bonds is 8. The lowest BCUT2D eigenvalue weighted by molar-refractivity contribution is -0.137. The molecule has 0 aromatic heterocycles. The van der Waals surface area contributed by atoms with Crippen LogP contribution in [-0.2, 0) is 35.8 Å². The van der Waals surface area contributed by atoms with E-state index in [2.05, 4.69) is 52.7 Å². The van der Waals surface area contributed by atoms with Crippen molar-refractivity contribution in [2.75, 3.05) is 25.6 Å². The van der Waals surface area contributed by atoms with E-state index in [-0.39, 0.29) is 46.7 Å². The van der Waals surface area contributed by atoms with Gasteiger partial charge in [-0.2, -0.15) is 8.42 Å². The van der Waals surface area contributed by atoms with Crippen molar-refractivity contribution in [2.24, 2.45) is 17.8 Å². The summed E-state index contributed by atoms with van der Waals surface area (Å²) in [5.41, 5.74) is 5.93. The predicted molar refractivity (Wildman–Crippen MR) is 169 cm³/mol. The molecule has 1 saturated heterocycles. The Labute approximate surface area is 260 Å². The number of carbonyl (C=O) groups is 1. The van der Waals surface area contributed by atoms with Gasteiger partial charge in [0.05, 0.1) is 29.6 Å². The summed E-state index contributed by atoms with van der Waals surface area (Å²) >= 11 is 0. The van der Waals surface area contributed by atoms with Gasteiger partial charge in [0.15, 0.2) is 0 Å². The van der Waals surface area contributed by atoms with Crippen molar-refractivity contribution in [3.63, 3.8) is 0 Å². The monoisotopic (exact) mass is 612 g/mol. The van der Waals surface area contributed by atoms with Crippen LogP contribution in [-0.4, -0.2) is 45.6 Å². The van der Waals surface area contributed by atoms with Crippen LogP contribution in [0.1, 0.15) is 48.8 Å². The van der Waals surface area contributed by atoms with Gasteiger partial charge in [-0.3, -0.25) is 9.08 Å². The molecule has 0 unspecified atom stereocenters. The number of ether oxygens (including phenoxy) is 1. The minimum Gasteiger partial charge on any atom is -0.466 e. The summed E-state index contributed by atoms with van der Waals surface area (Å²) < 4.78 is 37.5. The van der Waals surface area contributed by atoms with Crippen LogP contribution in [0.2, 0.25) is 0 Å². The average molecular weight is 613 g/mol. The normalized spacial score (nSPS) is 27.9. The number of hydrogen-bond acceptors (Lipinski definition) is 7. The zero-order chi connectivity index (χ0) is 30.5. The van der Waals surface area contributed by atoms with E-state index >= 15 is 0 Å². The Bertz CT molecular complexity index is 1690. The topological polar surface area (TPSA) is 84.9 Å². The number of carbonyl (C=O) groups excluding carboxylic acids is 1. The van der Waals surface area contributed by atoms with E-state index in [9.17, 15) is 13.2 Å². The molecule has 3 aromatic carbocycles. The highest BCUT2D eigenvalue weighted by molar-refractivity contribution is 7.86. The van der Waals surface area contributed by atoms with Crippen molar-refractivity contribution < 1.29 is 22.1 Å². The van der Waals surface area contributed by atoms with E-state index in [1.807, 2.05) is 19.1 Å². The number of para-hydroxylation sites is 1. The quantitative estimate of drug-likeness (QED) is 0.240. The molecule has 7 rings (SSSR count). The fourth-order valence-electron chi connectivity index (χ4n) is 8.75. The number of nitrogens with one attached hydrogen (secondary N) is 1. The molecule has 5 atom stereocenters. The van der Waals surface area contributed by atoms with Crippen LogP contribution in [0.15, 0.2) is 95.0 Å². The molecule has 2 heterocycles. The van der Waals surface area contributed by atoms with Crippen LogP contribution < -0.4 is 5.32 Å². The Morgan fingerprint density at radius 3 is 2.50 bits per heavy atom. The van der Waals surface area contributed by atoms with Gasteiger partial charge in [-0.15, -0.1) is 0 Å². The van der Waals surface area contributed by atoms with Crippen LogP contribution in [0, 0.1) is 24.7 Å². The van der Waals surface area contributed by atoms with E-state index < -0.39 is 10.1 Å². The molecule has 2 fully saturated rings. The van der Waals surface area contributed by atoms with Gasteiger partial charge in [-0.05, 0) is 79.7 Å². The summed E-state index contributed by atoms with van der Waals surface area (Å²) in [5.74, 6) is 0.125. The number of aryl methyl sites for hydroxylation is 1. The van der Waals surface area contributed by atoms with Crippen LogP contribution in [0.5, 0.6) is 0 Å². The minimum absolute atomic E-state index is 0.0708. The number of anilines is 1. The standard InChI is InChI=1S/C36H40N2O5S/c1-24-15-17-27(18-16-24)44(40,41)43-23-26-11-8-12-28(26)29-21-30(35(39)42-2)33-36(31-13-6-7-14-32(31)37-33)19-20-38(34(29)36)22-25-9-4-3-5-10-25/h3-7,9-10,13-18,26,28-29,34,37H,8,11-12,19-23H2,1-2H3/t26-,28+,29-,34+,36+/m0/s1. The first kappa shape index (κ1) is 29.3. The van der Waals surface area contributed by atoms with Gasteiger partial charge in [-0.25, -0.2) is 4.79 Å². The fourth-order valence-corrected chi connectivity index (χ4v) is 9.71. The van der Waals surface area contributed by atoms with Gasteiger partial charge < -0.3 is 10.1 Å². The van der Waals surface area contributed by atoms with Gasteiger partial charge in [0.25, 0.3) is 10.1 Å². The highest BCUT2D eigenvalue weighted by atomic mass is 32.2. The van der Waals surface area contributed by atoms with Gasteiger partial charge >= 0.3 is 5.97 Å². The largest absolute Gasteiger partial charge is 0.466 e. The number of hydrogen-bond donors (Lipinski definition) is 1. The predicted octanol–water partition coefficient (Wildman–Crippen LogP) is 6.20. The molecule has 4 aliphatic rings. The van der Waals surface area contributed by atoms with Crippen molar-refractivity contribution in [1.29, 1.82) is 0 Å². The second-order valence-corrected chi connectivity index (χ2v) is 14.5. The SMILES string of the molecule is COC(=O)C1=C2Nc3ccccc3[C@]23CCN(Cc2ccccc2)[C@@H]3[C@H]([C@@H]2CCC[C@H]2COS(=O)(=O)c2ccc(C)cc2)C1. The van der Waals surface area contributed by atoms with Crippen molar-refractivity contribution in [3.05, 3.63) is 107 Å². The number of benzene rings is 3. The molecule has 8 heteroatoms. The Kier molecular flexibility index (Phi) is 7.63. The highest BCUT2D eigenvalue weighted by Crippen LogP contribution is 2.61. The smallest absolute Gasteiger partial charge is 0.335 e. The molecule has 1 saturated carbocycles. The van der Waals surface area contributed by atoms with Crippen LogP contribution in [0.4, 0.5) is 5.69 Å². The molecule has 230 valence electrons. The molecular formula is C36H40N2O5S. The molecule has 1 N–H and O–H groups in total. The van der Waals surface area contributed by atoms with Gasteiger partial charge in [-0.1, -0.05) is 72.6 Å². The number of likely N-dealkylation sites (tertiary alicyclic amines) is 1. The first-order valence-electron chi connectivity index (χ1n) is 15.7. The molecule has 3 aromatic rings. The number of fused-ring (bicyclic) bond motifs is 1. The fraction of sp³-hybridized carbons (Fsp3) is 0.417. The summed E-state index contributed by atoms with van der Waals surface area (Å²) in [5, 5.41) is 3.69. The van der Waals surface area contributed by atoms with Crippen molar-refractivity contribution >= 4 is 21.8 Å². The van der Waals surface area contributed by atoms with Crippen molar-refractivity contribution in [1.82, 2.24) is 4.90 Å². The van der Waals surface area contributed by atoms with E-state index in [0.717, 1.165) is 61.3 Å². The Morgan fingerprint density at radius 1 is 0.977 bits per heavy atom. The summed E-state index contributed by atoms with van der Waals surface area (Å²) in [6.45, 7) is 3.80. The maximum Gasteiger partial charge on any atom is 0.335 e. The van der Waals surface area contributed by atoms with E-state index in [4.69, 9.17) is 8.92 Å². The van der Waals surface area contributed by atoms with Crippen LogP contribution in [0.25, 0.3) is 0 Å². The van der Waals surface area contributed by atoms with Crippen molar-refractivity contribution in [3.8, 4) is 0 Å². The third-order valence-corrected chi connectivity index (χ3v) is 11.9. The summed E-state index contributed by atoms with van der Waals surface area (Å²) in [7, 11) is -2.41. The number of esters is 1. The maximum atomic E-state index is 13.5.